The van der Waals surface area contributed by atoms with E-state index in [2.05, 4.69) is 15.0 Å². The number of nitrogens with zero attached hydrogens (tertiary/aromatic N) is 4. The molecule has 0 aliphatic rings. The van der Waals surface area contributed by atoms with Gasteiger partial charge in [-0.15, -0.1) is 12.4 Å². The maximum atomic E-state index is 8.68. The van der Waals surface area contributed by atoms with Gasteiger partial charge in [-0.1, -0.05) is 0 Å². The van der Waals surface area contributed by atoms with E-state index in [4.69, 9.17) is 10.8 Å². The molecule has 2 heterocycles. The first kappa shape index (κ1) is 13.7. The van der Waals surface area contributed by atoms with Crippen LogP contribution in [-0.4, -0.2) is 31.2 Å². The quantitative estimate of drug-likeness (QED) is 0.780. The summed E-state index contributed by atoms with van der Waals surface area (Å²) in [6.07, 6.45) is 6.01. The average molecular weight is 258 g/mol. The van der Waals surface area contributed by atoms with Crippen LogP contribution in [0, 0.1) is 0 Å². The van der Waals surface area contributed by atoms with Crippen molar-refractivity contribution in [2.75, 3.05) is 12.3 Å². The van der Waals surface area contributed by atoms with E-state index in [9.17, 15) is 0 Å². The lowest BCUT2D eigenvalue weighted by Crippen LogP contribution is -1.99. The second kappa shape index (κ2) is 6.36. The Balaban J connectivity index is 0.00000144. The van der Waals surface area contributed by atoms with E-state index in [1.807, 2.05) is 4.57 Å². The van der Waals surface area contributed by atoms with Gasteiger partial charge in [0.05, 0.1) is 6.33 Å². The first-order valence-electron chi connectivity index (χ1n) is 5.35. The number of aromatic nitrogens is 4. The summed E-state index contributed by atoms with van der Waals surface area (Å²) >= 11 is 0. The van der Waals surface area contributed by atoms with E-state index >= 15 is 0 Å². The summed E-state index contributed by atoms with van der Waals surface area (Å²) in [5, 5.41) is 8.68. The lowest BCUT2D eigenvalue weighted by atomic mass is 10.2. The highest BCUT2D eigenvalue weighted by Gasteiger charge is 2.06. The van der Waals surface area contributed by atoms with Crippen LogP contribution in [0.2, 0.25) is 0 Å². The van der Waals surface area contributed by atoms with Gasteiger partial charge in [-0.25, -0.2) is 15.0 Å². The third kappa shape index (κ3) is 3.04. The molecule has 0 saturated heterocycles. The second-order valence-corrected chi connectivity index (χ2v) is 3.65. The standard InChI is InChI=1S/C10H15N5O.ClH/c11-9-8-10(13-6-12-9)15(7-14-8)4-2-1-3-5-16;/h6-7,16H,1-5H2,(H2,11,12,13);1H. The van der Waals surface area contributed by atoms with E-state index in [0.717, 1.165) is 31.5 Å². The number of aliphatic hydroxyl groups excluding tert-OH is 1. The number of nitrogens with two attached hydrogens (primary N) is 1. The molecule has 0 aromatic carbocycles. The molecule has 2 aromatic heterocycles. The topological polar surface area (TPSA) is 89.9 Å². The summed E-state index contributed by atoms with van der Waals surface area (Å²) in [4.78, 5) is 12.2. The SMILES string of the molecule is Cl.Nc1ncnc2c1ncn2CCCCCO. The molecule has 3 N–H and O–H groups in total. The Morgan fingerprint density at radius 2 is 2.00 bits per heavy atom. The fraction of sp³-hybridized carbons (Fsp3) is 0.500. The highest BCUT2D eigenvalue weighted by Crippen LogP contribution is 2.14. The van der Waals surface area contributed by atoms with Gasteiger partial charge in [0.25, 0.3) is 0 Å². The van der Waals surface area contributed by atoms with Crippen LogP contribution in [0.15, 0.2) is 12.7 Å². The van der Waals surface area contributed by atoms with Crippen LogP contribution < -0.4 is 5.73 Å². The van der Waals surface area contributed by atoms with Crippen LogP contribution in [0.3, 0.4) is 0 Å². The molecule has 0 radical (unpaired) electrons. The second-order valence-electron chi connectivity index (χ2n) is 3.65. The van der Waals surface area contributed by atoms with Crippen LogP contribution in [0.1, 0.15) is 19.3 Å². The van der Waals surface area contributed by atoms with E-state index in [0.29, 0.717) is 11.3 Å². The molecule has 0 fully saturated rings. The number of imidazole rings is 1. The smallest absolute Gasteiger partial charge is 0.165 e. The molecule has 0 atom stereocenters. The van der Waals surface area contributed by atoms with Gasteiger partial charge in [0.15, 0.2) is 11.5 Å². The van der Waals surface area contributed by atoms with Gasteiger partial charge in [0, 0.05) is 13.2 Å². The number of hydrogen-bond acceptors (Lipinski definition) is 5. The molecule has 2 aromatic rings. The summed E-state index contributed by atoms with van der Waals surface area (Å²) in [6.45, 7) is 1.09. The zero-order valence-electron chi connectivity index (χ0n) is 9.41. The van der Waals surface area contributed by atoms with Gasteiger partial charge < -0.3 is 15.4 Å². The van der Waals surface area contributed by atoms with Gasteiger partial charge >= 0.3 is 0 Å². The Hall–Kier alpha value is -1.40. The Morgan fingerprint density at radius 3 is 2.76 bits per heavy atom. The highest BCUT2D eigenvalue weighted by molar-refractivity contribution is 5.85. The number of hydrogen-bond donors (Lipinski definition) is 2. The van der Waals surface area contributed by atoms with Crippen molar-refractivity contribution in [2.24, 2.45) is 0 Å². The van der Waals surface area contributed by atoms with Gasteiger partial charge in [0.1, 0.15) is 11.8 Å². The van der Waals surface area contributed by atoms with Crippen LogP contribution in [0.5, 0.6) is 0 Å². The number of aliphatic hydroxyl groups is 1. The molecular formula is C10H16ClN5O. The molecule has 0 saturated carbocycles. The minimum Gasteiger partial charge on any atom is -0.396 e. The molecular weight excluding hydrogens is 242 g/mol. The van der Waals surface area contributed by atoms with Crippen molar-refractivity contribution in [1.29, 1.82) is 0 Å². The maximum absolute atomic E-state index is 8.68. The van der Waals surface area contributed by atoms with Crippen LogP contribution >= 0.6 is 12.4 Å². The summed E-state index contributed by atoms with van der Waals surface area (Å²) in [6, 6.07) is 0. The lowest BCUT2D eigenvalue weighted by molar-refractivity contribution is 0.282. The van der Waals surface area contributed by atoms with Gasteiger partial charge in [-0.2, -0.15) is 0 Å². The van der Waals surface area contributed by atoms with E-state index in [-0.39, 0.29) is 19.0 Å². The summed E-state index contributed by atoms with van der Waals surface area (Å²) in [5.41, 5.74) is 7.12. The van der Waals surface area contributed by atoms with Crippen molar-refractivity contribution >= 4 is 29.4 Å². The van der Waals surface area contributed by atoms with Crippen LogP contribution in [0.4, 0.5) is 5.82 Å². The van der Waals surface area contributed by atoms with Gasteiger partial charge in [-0.3, -0.25) is 0 Å². The molecule has 17 heavy (non-hydrogen) atoms. The Bertz CT molecular complexity index is 473. The number of fused-ring (bicyclic) bond motifs is 1. The Morgan fingerprint density at radius 1 is 1.18 bits per heavy atom. The average Bonchev–Trinajstić information content (AvgIpc) is 2.70. The molecule has 94 valence electrons. The normalized spacial score (nSPS) is 10.4. The first-order chi connectivity index (χ1) is 7.83. The predicted molar refractivity (Wildman–Crippen MR) is 67.9 cm³/mol. The molecule has 0 amide bonds. The van der Waals surface area contributed by atoms with Gasteiger partial charge in [-0.05, 0) is 19.3 Å². The molecule has 0 aliphatic carbocycles. The zero-order valence-corrected chi connectivity index (χ0v) is 10.2. The number of halogens is 1. The molecule has 6 nitrogen and oxygen atoms in total. The molecule has 7 heteroatoms. The molecule has 0 bridgehead atoms. The summed E-state index contributed by atoms with van der Waals surface area (Å²) < 4.78 is 1.96. The monoisotopic (exact) mass is 257 g/mol. The predicted octanol–water partition coefficient (Wildman–Crippen LogP) is 0.993. The fourth-order valence-electron chi connectivity index (χ4n) is 1.63. The number of aryl methyl sites for hydroxylation is 1. The minimum absolute atomic E-state index is 0. The highest BCUT2D eigenvalue weighted by atomic mass is 35.5. The van der Waals surface area contributed by atoms with Crippen molar-refractivity contribution in [3.8, 4) is 0 Å². The Kier molecular flexibility index (Phi) is 5.11. The van der Waals surface area contributed by atoms with Crippen LogP contribution in [-0.2, 0) is 6.54 Å². The van der Waals surface area contributed by atoms with Gasteiger partial charge in [0.2, 0.25) is 0 Å². The lowest BCUT2D eigenvalue weighted by Gasteiger charge is -2.02. The van der Waals surface area contributed by atoms with Crippen molar-refractivity contribution in [2.45, 2.75) is 25.8 Å². The largest absolute Gasteiger partial charge is 0.396 e. The maximum Gasteiger partial charge on any atom is 0.165 e. The van der Waals surface area contributed by atoms with E-state index < -0.39 is 0 Å². The summed E-state index contributed by atoms with van der Waals surface area (Å²) in [5.74, 6) is 0.416. The van der Waals surface area contributed by atoms with Crippen molar-refractivity contribution in [3.05, 3.63) is 12.7 Å². The fourth-order valence-corrected chi connectivity index (χ4v) is 1.63. The molecule has 2 rings (SSSR count). The van der Waals surface area contributed by atoms with E-state index in [1.165, 1.54) is 6.33 Å². The molecule has 0 spiro atoms. The van der Waals surface area contributed by atoms with Crippen molar-refractivity contribution < 1.29 is 5.11 Å². The number of nitrogen functional groups attached to an aromatic ring is 1. The third-order valence-corrected chi connectivity index (χ3v) is 2.49. The van der Waals surface area contributed by atoms with Crippen LogP contribution in [0.25, 0.3) is 11.2 Å². The van der Waals surface area contributed by atoms with E-state index in [1.54, 1.807) is 6.33 Å². The first-order valence-corrected chi connectivity index (χ1v) is 5.35. The third-order valence-electron chi connectivity index (χ3n) is 2.49. The molecule has 0 unspecified atom stereocenters. The number of anilines is 1. The number of unbranched alkanes of at least 4 members (excludes halogenated alkanes) is 2. The van der Waals surface area contributed by atoms with Crippen molar-refractivity contribution in [1.82, 2.24) is 19.5 Å². The van der Waals surface area contributed by atoms with Crippen molar-refractivity contribution in [3.63, 3.8) is 0 Å². The number of rotatable bonds is 5. The Labute approximate surface area is 105 Å². The molecule has 0 aliphatic heterocycles. The summed E-state index contributed by atoms with van der Waals surface area (Å²) in [7, 11) is 0. The zero-order chi connectivity index (χ0) is 11.4. The minimum atomic E-state index is 0.